The Bertz CT molecular complexity index is 1260. The van der Waals surface area contributed by atoms with Gasteiger partial charge in [0, 0.05) is 6.42 Å². The van der Waals surface area contributed by atoms with Crippen LogP contribution in [0.2, 0.25) is 0 Å². The number of hydrogen-bond donors (Lipinski definition) is 2. The van der Waals surface area contributed by atoms with E-state index >= 15 is 0 Å². The van der Waals surface area contributed by atoms with Gasteiger partial charge in [-0.2, -0.15) is 0 Å². The minimum absolute atomic E-state index is 0.0101. The van der Waals surface area contributed by atoms with Gasteiger partial charge in [-0.25, -0.2) is 0 Å². The van der Waals surface area contributed by atoms with Crippen molar-refractivity contribution in [1.29, 1.82) is 0 Å². The fraction of sp³-hybridized carbons (Fsp3) is 0.807. The molecule has 0 bridgehead atoms. The molecule has 0 radical (unpaired) electrons. The van der Waals surface area contributed by atoms with Gasteiger partial charge in [0.15, 0.2) is 0 Å². The number of aliphatic hydroxyl groups excluding tert-OH is 1. The Labute approximate surface area is 409 Å². The minimum atomic E-state index is -4.61. The lowest BCUT2D eigenvalue weighted by Crippen LogP contribution is -2.45. The third-order valence-corrected chi connectivity index (χ3v) is 13.1. The first-order valence-corrected chi connectivity index (χ1v) is 29.1. The number of amides is 1. The third kappa shape index (κ3) is 50.1. The normalized spacial score (nSPS) is 14.5. The summed E-state index contributed by atoms with van der Waals surface area (Å²) in [5.74, 6) is -0.211. The first-order chi connectivity index (χ1) is 32.0. The Kier molecular flexibility index (Phi) is 46.9. The van der Waals surface area contributed by atoms with Crippen molar-refractivity contribution in [1.82, 2.24) is 5.32 Å². The molecule has 0 fully saturated rings. The van der Waals surface area contributed by atoms with Crippen LogP contribution >= 0.6 is 7.82 Å². The second-order valence-corrected chi connectivity index (χ2v) is 21.3. The molecule has 0 aromatic rings. The van der Waals surface area contributed by atoms with Crippen molar-refractivity contribution in [3.63, 3.8) is 0 Å². The van der Waals surface area contributed by atoms with Crippen molar-refractivity contribution in [3.05, 3.63) is 60.8 Å². The number of phosphoric acid groups is 1. The van der Waals surface area contributed by atoms with Crippen molar-refractivity contribution in [2.45, 2.75) is 257 Å². The van der Waals surface area contributed by atoms with Crippen LogP contribution in [0.1, 0.15) is 245 Å². The number of nitrogens with zero attached hydrogens (tertiary/aromatic N) is 1. The SMILES string of the molecule is CCCCCCC/C=C\C/C=C\CCCCCCCCCCCCCCCCCC(=O)NC(COP(=O)([O-])OCC[N+](C)(C)C)C(O)/C=C/CC/C=C/CC/C=C/CCCCCCCCC. The fourth-order valence-corrected chi connectivity index (χ4v) is 8.53. The summed E-state index contributed by atoms with van der Waals surface area (Å²) in [5, 5.41) is 13.8. The van der Waals surface area contributed by atoms with Gasteiger partial charge in [0.25, 0.3) is 7.82 Å². The van der Waals surface area contributed by atoms with Gasteiger partial charge in [0.2, 0.25) is 5.91 Å². The second kappa shape index (κ2) is 48.2. The Morgan fingerprint density at radius 1 is 0.530 bits per heavy atom. The highest BCUT2D eigenvalue weighted by molar-refractivity contribution is 7.45. The number of phosphoric ester groups is 1. The standard InChI is InChI=1S/C57H107N2O6P/c1-6-8-10-12-14-16-18-20-22-24-25-26-27-28-29-30-31-32-33-35-37-39-41-43-45-47-49-51-57(61)58-55(54-65-66(62,63)64-53-52-59(3,4)5)56(60)50-48-46-44-42-40-38-36-34-23-21-19-17-15-13-11-9-7-2/h18,20,23-25,34,40,42,48,50,55-56,60H,6-17,19,21-22,26-33,35-39,41,43-47,49,51-54H2,1-5H3,(H-,58,61,62,63)/b20-18-,25-24-,34-23+,42-40+,50-48+. The van der Waals surface area contributed by atoms with Crippen molar-refractivity contribution in [2.75, 3.05) is 40.9 Å². The van der Waals surface area contributed by atoms with Gasteiger partial charge in [0.1, 0.15) is 13.2 Å². The van der Waals surface area contributed by atoms with Crippen LogP contribution in [0.4, 0.5) is 0 Å². The molecule has 0 aliphatic heterocycles. The molecule has 0 aromatic heterocycles. The number of likely N-dealkylation sites (N-methyl/N-ethyl adjacent to an activating group) is 1. The summed E-state index contributed by atoms with van der Waals surface area (Å²) in [6.45, 7) is 4.61. The van der Waals surface area contributed by atoms with Crippen LogP contribution in [0, 0.1) is 0 Å². The lowest BCUT2D eigenvalue weighted by Gasteiger charge is -2.29. The molecule has 3 atom stereocenters. The molecular formula is C57H107N2O6P. The largest absolute Gasteiger partial charge is 0.756 e. The molecule has 0 aromatic carbocycles. The number of hydrogen-bond acceptors (Lipinski definition) is 6. The second-order valence-electron chi connectivity index (χ2n) is 19.9. The first-order valence-electron chi connectivity index (χ1n) is 27.7. The predicted molar refractivity (Wildman–Crippen MR) is 284 cm³/mol. The summed E-state index contributed by atoms with van der Waals surface area (Å²) < 4.78 is 23.3. The summed E-state index contributed by atoms with van der Waals surface area (Å²) in [4.78, 5) is 25.4. The molecule has 8 nitrogen and oxygen atoms in total. The molecule has 0 aliphatic rings. The van der Waals surface area contributed by atoms with E-state index in [2.05, 4.69) is 67.8 Å². The maximum Gasteiger partial charge on any atom is 0.268 e. The van der Waals surface area contributed by atoms with E-state index in [0.717, 1.165) is 51.4 Å². The Balaban J connectivity index is 4.24. The molecule has 0 spiro atoms. The molecular weight excluding hydrogens is 840 g/mol. The lowest BCUT2D eigenvalue weighted by molar-refractivity contribution is -0.870. The van der Waals surface area contributed by atoms with E-state index < -0.39 is 26.6 Å². The zero-order valence-electron chi connectivity index (χ0n) is 43.9. The van der Waals surface area contributed by atoms with Gasteiger partial charge in [-0.05, 0) is 77.0 Å². The maximum atomic E-state index is 12.9. The van der Waals surface area contributed by atoms with Gasteiger partial charge in [-0.15, -0.1) is 0 Å². The average molecular weight is 947 g/mol. The highest BCUT2D eigenvalue weighted by Crippen LogP contribution is 2.38. The van der Waals surface area contributed by atoms with E-state index in [1.54, 1.807) is 6.08 Å². The smallest absolute Gasteiger partial charge is 0.268 e. The molecule has 1 amide bonds. The van der Waals surface area contributed by atoms with Crippen LogP contribution in [0.5, 0.6) is 0 Å². The van der Waals surface area contributed by atoms with Crippen molar-refractivity contribution >= 4 is 13.7 Å². The lowest BCUT2D eigenvalue weighted by atomic mass is 10.0. The molecule has 0 rings (SSSR count). The zero-order chi connectivity index (χ0) is 48.5. The number of carbonyl (C=O) groups excluding carboxylic acids is 1. The molecule has 0 aliphatic carbocycles. The van der Waals surface area contributed by atoms with Gasteiger partial charge >= 0.3 is 0 Å². The summed E-state index contributed by atoms with van der Waals surface area (Å²) >= 11 is 0. The molecule has 0 saturated carbocycles. The van der Waals surface area contributed by atoms with E-state index in [9.17, 15) is 19.4 Å². The van der Waals surface area contributed by atoms with Crippen LogP contribution in [0.25, 0.3) is 0 Å². The Morgan fingerprint density at radius 3 is 1.32 bits per heavy atom. The molecule has 66 heavy (non-hydrogen) atoms. The highest BCUT2D eigenvalue weighted by atomic mass is 31.2. The fourth-order valence-electron chi connectivity index (χ4n) is 7.80. The van der Waals surface area contributed by atoms with Gasteiger partial charge < -0.3 is 28.8 Å². The van der Waals surface area contributed by atoms with Crippen LogP contribution < -0.4 is 10.2 Å². The van der Waals surface area contributed by atoms with Crippen molar-refractivity contribution < 1.29 is 32.9 Å². The molecule has 0 heterocycles. The summed E-state index contributed by atoms with van der Waals surface area (Å²) in [6, 6.07) is -0.911. The van der Waals surface area contributed by atoms with Crippen LogP contribution in [0.3, 0.4) is 0 Å². The first kappa shape index (κ1) is 64.2. The average Bonchev–Trinajstić information content (AvgIpc) is 3.28. The van der Waals surface area contributed by atoms with Crippen molar-refractivity contribution in [3.8, 4) is 0 Å². The molecule has 0 saturated heterocycles. The number of aliphatic hydroxyl groups is 1. The van der Waals surface area contributed by atoms with Crippen molar-refractivity contribution in [2.24, 2.45) is 0 Å². The number of rotatable bonds is 50. The number of unbranched alkanes of at least 4 members (excludes halogenated alkanes) is 29. The highest BCUT2D eigenvalue weighted by Gasteiger charge is 2.23. The topological polar surface area (TPSA) is 108 Å². The Hall–Kier alpha value is -1.80. The quantitative estimate of drug-likeness (QED) is 0.0272. The third-order valence-electron chi connectivity index (χ3n) is 12.2. The molecule has 2 N–H and O–H groups in total. The summed E-state index contributed by atoms with van der Waals surface area (Å²) in [6.07, 6.45) is 64.4. The molecule has 386 valence electrons. The van der Waals surface area contributed by atoms with E-state index in [0.29, 0.717) is 17.4 Å². The van der Waals surface area contributed by atoms with Gasteiger partial charge in [0.05, 0.1) is 39.9 Å². The minimum Gasteiger partial charge on any atom is -0.756 e. The number of carbonyl (C=O) groups is 1. The predicted octanol–water partition coefficient (Wildman–Crippen LogP) is 15.9. The molecule has 9 heteroatoms. The monoisotopic (exact) mass is 947 g/mol. The van der Waals surface area contributed by atoms with E-state index in [1.165, 1.54) is 173 Å². The van der Waals surface area contributed by atoms with Crippen LogP contribution in [0.15, 0.2) is 60.8 Å². The number of allylic oxidation sites excluding steroid dienone is 9. The van der Waals surface area contributed by atoms with Gasteiger partial charge in [-0.1, -0.05) is 222 Å². The zero-order valence-corrected chi connectivity index (χ0v) is 44.8. The number of quaternary nitrogens is 1. The van der Waals surface area contributed by atoms with Gasteiger partial charge in [-0.3, -0.25) is 9.36 Å². The van der Waals surface area contributed by atoms with Crippen LogP contribution in [-0.4, -0.2) is 68.5 Å². The summed E-state index contributed by atoms with van der Waals surface area (Å²) in [5.41, 5.74) is 0. The van der Waals surface area contributed by atoms with E-state index in [-0.39, 0.29) is 12.5 Å². The number of nitrogens with one attached hydrogen (secondary N) is 1. The maximum absolute atomic E-state index is 12.9. The Morgan fingerprint density at radius 2 is 0.894 bits per heavy atom. The summed E-state index contributed by atoms with van der Waals surface area (Å²) in [7, 11) is 1.23. The van der Waals surface area contributed by atoms with E-state index in [4.69, 9.17) is 9.05 Å². The van der Waals surface area contributed by atoms with Crippen LogP contribution in [-0.2, 0) is 18.4 Å². The van der Waals surface area contributed by atoms with E-state index in [1.807, 2.05) is 27.2 Å². The molecule has 3 unspecified atom stereocenters.